The first-order chi connectivity index (χ1) is 13.6. The van der Waals surface area contributed by atoms with Crippen molar-refractivity contribution in [2.75, 3.05) is 20.3 Å². The van der Waals surface area contributed by atoms with Crippen LogP contribution in [-0.4, -0.2) is 52.6 Å². The van der Waals surface area contributed by atoms with E-state index in [1.807, 2.05) is 13.8 Å². The third-order valence-corrected chi connectivity index (χ3v) is 5.01. The Bertz CT molecular complexity index is 888. The first-order valence-corrected chi connectivity index (χ1v) is 10.2. The molecule has 0 saturated heterocycles. The molecule has 1 rings (SSSR count). The molecule has 0 aromatic heterocycles. The van der Waals surface area contributed by atoms with Crippen molar-refractivity contribution < 1.29 is 32.3 Å². The number of hydrogen-bond acceptors (Lipinski definition) is 7. The van der Waals surface area contributed by atoms with Gasteiger partial charge in [0.05, 0.1) is 24.1 Å². The highest BCUT2D eigenvalue weighted by molar-refractivity contribution is 7.89. The Morgan fingerprint density at radius 1 is 1.24 bits per heavy atom. The van der Waals surface area contributed by atoms with E-state index in [-0.39, 0.29) is 22.9 Å². The molecule has 1 aromatic carbocycles. The second-order valence-corrected chi connectivity index (χ2v) is 8.17. The van der Waals surface area contributed by atoms with E-state index in [4.69, 9.17) is 11.2 Å². The van der Waals surface area contributed by atoms with E-state index in [2.05, 4.69) is 20.7 Å². The standard InChI is InChI=1S/C19H24N2O7S/c1-5-9-20-29(25,26)15-8-6-7-14(11-15)18(23)28-12-17(22)21-16(10-13(2)3)19(24)27-4/h1,6-8,11,13,16,20H,9-10,12H2,2-4H3,(H,21,22). The molecule has 0 saturated carbocycles. The Morgan fingerprint density at radius 2 is 1.93 bits per heavy atom. The van der Waals surface area contributed by atoms with E-state index in [0.717, 1.165) is 6.07 Å². The summed E-state index contributed by atoms with van der Waals surface area (Å²) in [5.41, 5.74) is -0.0620. The number of hydrogen-bond donors (Lipinski definition) is 2. The van der Waals surface area contributed by atoms with Gasteiger partial charge in [-0.2, -0.15) is 4.72 Å². The lowest BCUT2D eigenvalue weighted by molar-refractivity contribution is -0.145. The molecular weight excluding hydrogens is 400 g/mol. The molecule has 2 N–H and O–H groups in total. The molecule has 0 aliphatic heterocycles. The molecule has 0 aliphatic carbocycles. The number of terminal acetylenes is 1. The summed E-state index contributed by atoms with van der Waals surface area (Å²) in [6.07, 6.45) is 5.39. The van der Waals surface area contributed by atoms with Crippen molar-refractivity contribution in [3.05, 3.63) is 29.8 Å². The van der Waals surface area contributed by atoms with Crippen LogP contribution < -0.4 is 10.0 Å². The van der Waals surface area contributed by atoms with Crippen LogP contribution in [0, 0.1) is 18.3 Å². The van der Waals surface area contributed by atoms with Crippen LogP contribution in [0.1, 0.15) is 30.6 Å². The summed E-state index contributed by atoms with van der Waals surface area (Å²) in [6.45, 7) is 2.91. The highest BCUT2D eigenvalue weighted by Gasteiger charge is 2.23. The Balaban J connectivity index is 2.75. The fourth-order valence-electron chi connectivity index (χ4n) is 2.29. The molecule has 1 amide bonds. The highest BCUT2D eigenvalue weighted by atomic mass is 32.2. The Labute approximate surface area is 170 Å². The van der Waals surface area contributed by atoms with Gasteiger partial charge >= 0.3 is 11.9 Å². The topological polar surface area (TPSA) is 128 Å². The number of esters is 2. The van der Waals surface area contributed by atoms with Gasteiger partial charge in [0.25, 0.3) is 5.91 Å². The maximum atomic E-state index is 12.2. The molecule has 1 atom stereocenters. The van der Waals surface area contributed by atoms with Crippen molar-refractivity contribution in [1.29, 1.82) is 0 Å². The number of ether oxygens (including phenoxy) is 2. The zero-order valence-corrected chi connectivity index (χ0v) is 17.2. The van der Waals surface area contributed by atoms with Gasteiger partial charge in [-0.05, 0) is 30.5 Å². The van der Waals surface area contributed by atoms with Gasteiger partial charge in [0.2, 0.25) is 10.0 Å². The second kappa shape index (κ2) is 11.2. The summed E-state index contributed by atoms with van der Waals surface area (Å²) >= 11 is 0. The molecule has 0 bridgehead atoms. The predicted molar refractivity (Wildman–Crippen MR) is 104 cm³/mol. The Hall–Kier alpha value is -2.90. The van der Waals surface area contributed by atoms with Crippen LogP contribution in [0.2, 0.25) is 0 Å². The summed E-state index contributed by atoms with van der Waals surface area (Å²) in [7, 11) is -2.67. The van der Waals surface area contributed by atoms with Crippen LogP contribution in [-0.2, 0) is 29.1 Å². The van der Waals surface area contributed by atoms with Crippen LogP contribution in [0.5, 0.6) is 0 Å². The van der Waals surface area contributed by atoms with Gasteiger partial charge in [0.15, 0.2) is 6.61 Å². The Morgan fingerprint density at radius 3 is 2.52 bits per heavy atom. The van der Waals surface area contributed by atoms with Crippen LogP contribution in [0.3, 0.4) is 0 Å². The zero-order chi connectivity index (χ0) is 22.0. The van der Waals surface area contributed by atoms with Crippen molar-refractivity contribution in [3.63, 3.8) is 0 Å². The maximum Gasteiger partial charge on any atom is 0.338 e. The largest absolute Gasteiger partial charge is 0.467 e. The van der Waals surface area contributed by atoms with Gasteiger partial charge in [0.1, 0.15) is 6.04 Å². The van der Waals surface area contributed by atoms with Crippen molar-refractivity contribution in [1.82, 2.24) is 10.0 Å². The molecule has 1 aromatic rings. The lowest BCUT2D eigenvalue weighted by Gasteiger charge is -2.18. The third-order valence-electron chi connectivity index (χ3n) is 3.61. The fraction of sp³-hybridized carbons (Fsp3) is 0.421. The molecule has 1 unspecified atom stereocenters. The minimum Gasteiger partial charge on any atom is -0.467 e. The summed E-state index contributed by atoms with van der Waals surface area (Å²) < 4.78 is 35.9. The lowest BCUT2D eigenvalue weighted by atomic mass is 10.0. The SMILES string of the molecule is C#CCNS(=O)(=O)c1cccc(C(=O)OCC(=O)NC(CC(C)C)C(=O)OC)c1. The van der Waals surface area contributed by atoms with E-state index in [1.165, 1.54) is 25.3 Å². The van der Waals surface area contributed by atoms with Gasteiger partial charge in [-0.1, -0.05) is 25.8 Å². The number of rotatable bonds is 10. The second-order valence-electron chi connectivity index (χ2n) is 6.41. The molecule has 29 heavy (non-hydrogen) atoms. The molecular formula is C19H24N2O7S. The number of sulfonamides is 1. The minimum absolute atomic E-state index is 0.0620. The van der Waals surface area contributed by atoms with Crippen LogP contribution in [0.15, 0.2) is 29.2 Å². The van der Waals surface area contributed by atoms with E-state index in [1.54, 1.807) is 0 Å². The average molecular weight is 424 g/mol. The number of amides is 1. The van der Waals surface area contributed by atoms with E-state index in [9.17, 15) is 22.8 Å². The average Bonchev–Trinajstić information content (AvgIpc) is 2.69. The minimum atomic E-state index is -3.88. The smallest absolute Gasteiger partial charge is 0.338 e. The fourth-order valence-corrected chi connectivity index (χ4v) is 3.27. The van der Waals surface area contributed by atoms with E-state index >= 15 is 0 Å². The molecule has 0 aliphatic rings. The van der Waals surface area contributed by atoms with Crippen molar-refractivity contribution in [2.24, 2.45) is 5.92 Å². The van der Waals surface area contributed by atoms with Gasteiger partial charge in [-0.3, -0.25) is 4.79 Å². The highest BCUT2D eigenvalue weighted by Crippen LogP contribution is 2.12. The first-order valence-electron chi connectivity index (χ1n) is 8.68. The Kier molecular flexibility index (Phi) is 9.31. The predicted octanol–water partition coefficient (Wildman–Crippen LogP) is 0.459. The van der Waals surface area contributed by atoms with Crippen LogP contribution in [0.4, 0.5) is 0 Å². The number of carbonyl (C=O) groups excluding carboxylic acids is 3. The van der Waals surface area contributed by atoms with Crippen LogP contribution >= 0.6 is 0 Å². The number of methoxy groups -OCH3 is 1. The molecule has 0 radical (unpaired) electrons. The maximum absolute atomic E-state index is 12.2. The van der Waals surface area contributed by atoms with Crippen molar-refractivity contribution in [3.8, 4) is 12.3 Å². The van der Waals surface area contributed by atoms with Crippen molar-refractivity contribution in [2.45, 2.75) is 31.2 Å². The van der Waals surface area contributed by atoms with Gasteiger partial charge in [-0.15, -0.1) is 6.42 Å². The summed E-state index contributed by atoms with van der Waals surface area (Å²) in [6, 6.07) is 4.24. The third kappa shape index (κ3) is 7.93. The number of carbonyl (C=O) groups is 3. The quantitative estimate of drug-likeness (QED) is 0.412. The molecule has 0 heterocycles. The monoisotopic (exact) mass is 424 g/mol. The lowest BCUT2D eigenvalue weighted by Crippen LogP contribution is -2.44. The zero-order valence-electron chi connectivity index (χ0n) is 16.4. The summed E-state index contributed by atoms with van der Waals surface area (Å²) in [5, 5.41) is 2.45. The normalized spacial score (nSPS) is 12.0. The molecule has 0 fully saturated rings. The first kappa shape index (κ1) is 24.1. The van der Waals surface area contributed by atoms with Gasteiger partial charge in [0, 0.05) is 0 Å². The van der Waals surface area contributed by atoms with Gasteiger partial charge in [-0.25, -0.2) is 18.0 Å². The van der Waals surface area contributed by atoms with Crippen molar-refractivity contribution >= 4 is 27.9 Å². The van der Waals surface area contributed by atoms with E-state index in [0.29, 0.717) is 6.42 Å². The summed E-state index contributed by atoms with van der Waals surface area (Å²) in [4.78, 5) is 35.7. The van der Waals surface area contributed by atoms with E-state index < -0.39 is 40.5 Å². The molecule has 158 valence electrons. The number of benzene rings is 1. The molecule has 9 nitrogen and oxygen atoms in total. The van der Waals surface area contributed by atoms with Gasteiger partial charge < -0.3 is 14.8 Å². The van der Waals surface area contributed by atoms with Crippen LogP contribution in [0.25, 0.3) is 0 Å². The molecule has 0 spiro atoms. The molecule has 10 heteroatoms. The number of nitrogens with one attached hydrogen (secondary N) is 2. The summed E-state index contributed by atoms with van der Waals surface area (Å²) in [5.74, 6) is 0.0807.